The summed E-state index contributed by atoms with van der Waals surface area (Å²) in [4.78, 5) is 39.6. The molecule has 1 aliphatic heterocycles. The molecule has 3 rings (SSSR count). The van der Waals surface area contributed by atoms with E-state index in [4.69, 9.17) is 4.74 Å². The van der Waals surface area contributed by atoms with E-state index >= 15 is 0 Å². The summed E-state index contributed by atoms with van der Waals surface area (Å²) < 4.78 is 5.79. The van der Waals surface area contributed by atoms with Gasteiger partial charge in [0.25, 0.3) is 11.6 Å². The topological polar surface area (TPSA) is 117 Å². The number of Topliss-reactive ketones (excluding diaryl/α,β-unsaturated/α-hetero) is 1. The SMILES string of the molecule is Cc1cc(C([O-])=C2C(=O)C(=O)N(CCC[NH+](C)C)C2c2cccc([N+](=O)[O-])c2)ccc1OCC(C)C. The molecular weight excluding hydrogens is 462 g/mol. The van der Waals surface area contributed by atoms with E-state index in [2.05, 4.69) is 0 Å². The van der Waals surface area contributed by atoms with Crippen LogP contribution in [0.25, 0.3) is 5.76 Å². The molecule has 1 aliphatic rings. The van der Waals surface area contributed by atoms with E-state index in [1.54, 1.807) is 24.3 Å². The van der Waals surface area contributed by atoms with Crippen molar-refractivity contribution in [3.8, 4) is 5.75 Å². The second-order valence-corrected chi connectivity index (χ2v) is 9.82. The Hall–Kier alpha value is -3.72. The molecule has 2 aromatic carbocycles. The number of aryl methyl sites for hydroxylation is 1. The van der Waals surface area contributed by atoms with Crippen LogP contribution < -0.4 is 14.7 Å². The number of quaternary nitrogens is 1. The number of nitro benzene ring substituents is 1. The molecule has 1 fully saturated rings. The van der Waals surface area contributed by atoms with Crippen molar-refractivity contribution in [2.24, 2.45) is 5.92 Å². The first-order valence-electron chi connectivity index (χ1n) is 12.0. The highest BCUT2D eigenvalue weighted by molar-refractivity contribution is 6.46. The number of nitrogens with one attached hydrogen (secondary N) is 1. The van der Waals surface area contributed by atoms with E-state index in [0.717, 1.165) is 12.1 Å². The summed E-state index contributed by atoms with van der Waals surface area (Å²) in [5.41, 5.74) is 0.990. The van der Waals surface area contributed by atoms with Gasteiger partial charge in [0.1, 0.15) is 5.75 Å². The van der Waals surface area contributed by atoms with Crippen LogP contribution in [0, 0.1) is 23.0 Å². The first-order valence-corrected chi connectivity index (χ1v) is 12.0. The number of nitro groups is 1. The highest BCUT2D eigenvalue weighted by Gasteiger charge is 2.44. The number of likely N-dealkylation sites (tertiary alicyclic amines) is 1. The molecule has 1 atom stereocenters. The van der Waals surface area contributed by atoms with Crippen molar-refractivity contribution in [1.82, 2.24) is 4.90 Å². The van der Waals surface area contributed by atoms with Crippen LogP contribution in [0.1, 0.15) is 43.0 Å². The predicted octanol–water partition coefficient (Wildman–Crippen LogP) is 1.70. The lowest BCUT2D eigenvalue weighted by Crippen LogP contribution is -3.05. The van der Waals surface area contributed by atoms with Gasteiger partial charge in [-0.2, -0.15) is 0 Å². The maximum atomic E-state index is 13.6. The van der Waals surface area contributed by atoms with Crippen molar-refractivity contribution in [2.75, 3.05) is 33.8 Å². The van der Waals surface area contributed by atoms with E-state index < -0.39 is 28.4 Å². The fourth-order valence-corrected chi connectivity index (χ4v) is 4.22. The van der Waals surface area contributed by atoms with Gasteiger partial charge in [0, 0.05) is 30.7 Å². The molecule has 9 heteroatoms. The van der Waals surface area contributed by atoms with E-state index in [1.165, 1.54) is 28.0 Å². The number of benzene rings is 2. The maximum absolute atomic E-state index is 13.6. The van der Waals surface area contributed by atoms with Crippen molar-refractivity contribution in [1.29, 1.82) is 0 Å². The van der Waals surface area contributed by atoms with E-state index in [1.807, 2.05) is 34.9 Å². The van der Waals surface area contributed by atoms with Crippen LogP contribution >= 0.6 is 0 Å². The minimum Gasteiger partial charge on any atom is -0.872 e. The molecule has 0 aliphatic carbocycles. The normalized spacial score (nSPS) is 17.3. The smallest absolute Gasteiger partial charge is 0.295 e. The Kier molecular flexibility index (Phi) is 8.47. The average molecular weight is 496 g/mol. The average Bonchev–Trinajstić information content (AvgIpc) is 3.07. The van der Waals surface area contributed by atoms with Gasteiger partial charge in [-0.05, 0) is 41.7 Å². The van der Waals surface area contributed by atoms with E-state index in [9.17, 15) is 24.8 Å². The van der Waals surface area contributed by atoms with Crippen molar-refractivity contribution in [2.45, 2.75) is 33.2 Å². The molecule has 0 spiro atoms. The quantitative estimate of drug-likeness (QED) is 0.176. The van der Waals surface area contributed by atoms with Gasteiger partial charge in [-0.1, -0.05) is 37.8 Å². The summed E-state index contributed by atoms with van der Waals surface area (Å²) in [6.45, 7) is 7.41. The number of carbonyl (C=O) groups excluding carboxylic acids is 2. The van der Waals surface area contributed by atoms with Gasteiger partial charge in [0.05, 0.1) is 38.2 Å². The van der Waals surface area contributed by atoms with Crippen molar-refractivity contribution < 1.29 is 29.3 Å². The van der Waals surface area contributed by atoms with Gasteiger partial charge in [-0.25, -0.2) is 0 Å². The molecule has 0 aromatic heterocycles. The summed E-state index contributed by atoms with van der Waals surface area (Å²) in [5.74, 6) is -1.23. The summed E-state index contributed by atoms with van der Waals surface area (Å²) in [6, 6.07) is 9.68. The van der Waals surface area contributed by atoms with Gasteiger partial charge in [-0.3, -0.25) is 19.7 Å². The molecule has 1 amide bonds. The molecule has 1 N–H and O–H groups in total. The first kappa shape index (κ1) is 26.9. The second-order valence-electron chi connectivity index (χ2n) is 9.82. The molecule has 0 radical (unpaired) electrons. The van der Waals surface area contributed by atoms with Crippen LogP contribution in [0.2, 0.25) is 0 Å². The lowest BCUT2D eigenvalue weighted by atomic mass is 9.94. The molecular formula is C27H33N3O6. The first-order chi connectivity index (χ1) is 17.0. The number of hydrogen-bond acceptors (Lipinski definition) is 6. The highest BCUT2D eigenvalue weighted by atomic mass is 16.6. The number of nitrogens with zero attached hydrogens (tertiary/aromatic N) is 2. The number of carbonyl (C=O) groups is 2. The van der Waals surface area contributed by atoms with Crippen LogP contribution in [0.5, 0.6) is 5.75 Å². The Morgan fingerprint density at radius 1 is 1.17 bits per heavy atom. The van der Waals surface area contributed by atoms with Gasteiger partial charge < -0.3 is 19.6 Å². The zero-order valence-electron chi connectivity index (χ0n) is 21.4. The zero-order chi connectivity index (χ0) is 26.6. The van der Waals surface area contributed by atoms with Crippen molar-refractivity contribution in [3.63, 3.8) is 0 Å². The number of rotatable bonds is 10. The maximum Gasteiger partial charge on any atom is 0.295 e. The second kappa shape index (κ2) is 11.3. The summed E-state index contributed by atoms with van der Waals surface area (Å²) >= 11 is 0. The van der Waals surface area contributed by atoms with Gasteiger partial charge in [-0.15, -0.1) is 0 Å². The molecule has 0 saturated carbocycles. The molecule has 36 heavy (non-hydrogen) atoms. The van der Waals surface area contributed by atoms with Gasteiger partial charge >= 0.3 is 0 Å². The minimum absolute atomic E-state index is 0.175. The number of hydrogen-bond donors (Lipinski definition) is 1. The number of amides is 1. The Balaban J connectivity index is 2.09. The molecule has 9 nitrogen and oxygen atoms in total. The molecule has 1 unspecified atom stereocenters. The van der Waals surface area contributed by atoms with E-state index in [0.29, 0.717) is 30.3 Å². The standard InChI is InChI=1S/C27H33N3O6/c1-17(2)16-36-22-11-10-20(14-18(22)3)25(31)23-24(19-8-6-9-21(15-19)30(34)35)29(27(33)26(23)32)13-7-12-28(4)5/h6,8-11,14-15,17,24,31H,7,12-13,16H2,1-5H3. The Morgan fingerprint density at radius 3 is 2.50 bits per heavy atom. The van der Waals surface area contributed by atoms with Crippen LogP contribution in [0.15, 0.2) is 48.0 Å². The molecule has 1 heterocycles. The summed E-state index contributed by atoms with van der Waals surface area (Å²) in [5, 5.41) is 25.0. The molecule has 1 saturated heterocycles. The Labute approximate surface area is 211 Å². The predicted molar refractivity (Wildman–Crippen MR) is 133 cm³/mol. The van der Waals surface area contributed by atoms with Crippen LogP contribution in [0.4, 0.5) is 5.69 Å². The van der Waals surface area contributed by atoms with E-state index in [-0.39, 0.29) is 23.4 Å². The lowest BCUT2D eigenvalue weighted by molar-refractivity contribution is -0.858. The third kappa shape index (κ3) is 5.91. The Morgan fingerprint density at radius 2 is 1.89 bits per heavy atom. The number of non-ortho nitro benzene ring substituents is 1. The third-order valence-corrected chi connectivity index (χ3v) is 6.01. The molecule has 0 bridgehead atoms. The number of ketones is 1. The monoisotopic (exact) mass is 495 g/mol. The fraction of sp³-hybridized carbons (Fsp3) is 0.407. The minimum atomic E-state index is -0.994. The lowest BCUT2D eigenvalue weighted by Gasteiger charge is -2.27. The highest BCUT2D eigenvalue weighted by Crippen LogP contribution is 2.40. The zero-order valence-corrected chi connectivity index (χ0v) is 21.4. The van der Waals surface area contributed by atoms with Crippen molar-refractivity contribution >= 4 is 23.1 Å². The van der Waals surface area contributed by atoms with Crippen molar-refractivity contribution in [3.05, 3.63) is 74.8 Å². The fourth-order valence-electron chi connectivity index (χ4n) is 4.22. The van der Waals surface area contributed by atoms with Gasteiger partial charge in [0.15, 0.2) is 0 Å². The molecule has 192 valence electrons. The van der Waals surface area contributed by atoms with Crippen LogP contribution in [-0.2, 0) is 9.59 Å². The van der Waals surface area contributed by atoms with Crippen LogP contribution in [0.3, 0.4) is 0 Å². The summed E-state index contributed by atoms with van der Waals surface area (Å²) in [7, 11) is 3.96. The van der Waals surface area contributed by atoms with Crippen LogP contribution in [-0.4, -0.2) is 55.3 Å². The summed E-state index contributed by atoms with van der Waals surface area (Å²) in [6.07, 6.45) is 0.606. The molecule has 2 aromatic rings. The third-order valence-electron chi connectivity index (χ3n) is 6.01. The van der Waals surface area contributed by atoms with Gasteiger partial charge in [0.2, 0.25) is 5.78 Å². The number of ether oxygens (including phenoxy) is 1. The largest absolute Gasteiger partial charge is 0.872 e. The Bertz CT molecular complexity index is 1190.